The number of Topliss-reactive ketones (excluding diaryl/α,β-unsaturated/α-hetero) is 1. The Labute approximate surface area is 105 Å². The summed E-state index contributed by atoms with van der Waals surface area (Å²) in [4.78, 5) is 12.6. The zero-order chi connectivity index (χ0) is 13.1. The number of hydrogen-bond acceptors (Lipinski definition) is 2. The molecule has 0 saturated heterocycles. The minimum atomic E-state index is -0.503. The first-order valence-corrected chi connectivity index (χ1v) is 6.31. The van der Waals surface area contributed by atoms with Crippen molar-refractivity contribution in [3.05, 3.63) is 23.3 Å². The van der Waals surface area contributed by atoms with Gasteiger partial charge in [0.2, 0.25) is 0 Å². The van der Waals surface area contributed by atoms with Crippen molar-refractivity contribution in [2.45, 2.75) is 40.5 Å². The van der Waals surface area contributed by atoms with Crippen LogP contribution in [0.4, 0.5) is 0 Å². The maximum Gasteiger partial charge on any atom is 0.149 e. The molecule has 0 atom stereocenters. The molecular formula is C15H24O2. The number of ketones is 1. The topological polar surface area (TPSA) is 26.3 Å². The zero-order valence-electron chi connectivity index (χ0n) is 11.7. The third-order valence-corrected chi connectivity index (χ3v) is 3.62. The second kappa shape index (κ2) is 5.63. The van der Waals surface area contributed by atoms with Crippen LogP contribution >= 0.6 is 0 Å². The van der Waals surface area contributed by atoms with Gasteiger partial charge in [0.1, 0.15) is 5.78 Å². The number of carbonyl (C=O) groups is 1. The number of allylic oxidation sites excluding steroid dienone is 2. The van der Waals surface area contributed by atoms with Crippen molar-refractivity contribution in [2.24, 2.45) is 11.3 Å². The molecule has 0 spiro atoms. The van der Waals surface area contributed by atoms with E-state index in [1.54, 1.807) is 7.11 Å². The standard InChI is InChI=1S/C15H24O2/c1-11(2)9-14(16)15(10-17-5)12(3)7-6-8-13(15)4/h7-8,11H,6,9-10H2,1-5H3. The molecule has 0 unspecified atom stereocenters. The van der Waals surface area contributed by atoms with Gasteiger partial charge in [-0.15, -0.1) is 0 Å². The minimum Gasteiger partial charge on any atom is -0.383 e. The van der Waals surface area contributed by atoms with Gasteiger partial charge in [0.05, 0.1) is 12.0 Å². The lowest BCUT2D eigenvalue weighted by Crippen LogP contribution is -2.40. The molecule has 1 rings (SSSR count). The molecule has 0 bridgehead atoms. The SMILES string of the molecule is COCC1(C(=O)CC(C)C)C(C)=CCC=C1C. The summed E-state index contributed by atoms with van der Waals surface area (Å²) in [6.07, 6.45) is 5.83. The Kier molecular flexibility index (Phi) is 4.70. The fraction of sp³-hybridized carbons (Fsp3) is 0.667. The molecule has 1 aliphatic carbocycles. The van der Waals surface area contributed by atoms with Gasteiger partial charge in [0.15, 0.2) is 0 Å². The highest BCUT2D eigenvalue weighted by molar-refractivity contribution is 5.91. The Balaban J connectivity index is 3.11. The Morgan fingerprint density at radius 2 is 1.88 bits per heavy atom. The van der Waals surface area contributed by atoms with Crippen LogP contribution in [0.2, 0.25) is 0 Å². The first-order chi connectivity index (χ1) is 7.95. The molecule has 0 radical (unpaired) electrons. The first kappa shape index (κ1) is 14.2. The average Bonchev–Trinajstić information content (AvgIpc) is 2.22. The van der Waals surface area contributed by atoms with Gasteiger partial charge >= 0.3 is 0 Å². The molecular weight excluding hydrogens is 212 g/mol. The Hall–Kier alpha value is -0.890. The highest BCUT2D eigenvalue weighted by Gasteiger charge is 2.42. The second-order valence-corrected chi connectivity index (χ2v) is 5.37. The molecule has 17 heavy (non-hydrogen) atoms. The highest BCUT2D eigenvalue weighted by Crippen LogP contribution is 2.41. The summed E-state index contributed by atoms with van der Waals surface area (Å²) in [7, 11) is 1.67. The molecule has 0 aromatic heterocycles. The lowest BCUT2D eigenvalue weighted by atomic mass is 9.68. The van der Waals surface area contributed by atoms with E-state index < -0.39 is 5.41 Å². The molecule has 0 saturated carbocycles. The maximum atomic E-state index is 12.6. The predicted octanol–water partition coefficient (Wildman–Crippen LogP) is 3.53. The normalized spacial score (nSPS) is 18.9. The third-order valence-electron chi connectivity index (χ3n) is 3.62. The third kappa shape index (κ3) is 2.68. The summed E-state index contributed by atoms with van der Waals surface area (Å²) in [6, 6.07) is 0. The quantitative estimate of drug-likeness (QED) is 0.683. The fourth-order valence-electron chi connectivity index (χ4n) is 2.58. The molecule has 0 fully saturated rings. The lowest BCUT2D eigenvalue weighted by Gasteiger charge is -2.36. The van der Waals surface area contributed by atoms with Crippen molar-refractivity contribution in [2.75, 3.05) is 13.7 Å². The maximum absolute atomic E-state index is 12.6. The van der Waals surface area contributed by atoms with Gasteiger partial charge in [-0.1, -0.05) is 37.1 Å². The summed E-state index contributed by atoms with van der Waals surface area (Å²) < 4.78 is 5.33. The smallest absolute Gasteiger partial charge is 0.149 e. The molecule has 0 heterocycles. The van der Waals surface area contributed by atoms with Crippen LogP contribution in [0, 0.1) is 11.3 Å². The largest absolute Gasteiger partial charge is 0.383 e. The van der Waals surface area contributed by atoms with Crippen LogP contribution in [0.5, 0.6) is 0 Å². The number of carbonyl (C=O) groups excluding carboxylic acids is 1. The van der Waals surface area contributed by atoms with Gasteiger partial charge < -0.3 is 4.74 Å². The van der Waals surface area contributed by atoms with Gasteiger partial charge in [-0.05, 0) is 26.2 Å². The second-order valence-electron chi connectivity index (χ2n) is 5.37. The lowest BCUT2D eigenvalue weighted by molar-refractivity contribution is -0.128. The predicted molar refractivity (Wildman–Crippen MR) is 70.9 cm³/mol. The minimum absolute atomic E-state index is 0.288. The molecule has 0 aromatic carbocycles. The monoisotopic (exact) mass is 236 g/mol. The van der Waals surface area contributed by atoms with E-state index in [-0.39, 0.29) is 5.78 Å². The van der Waals surface area contributed by atoms with Crippen molar-refractivity contribution in [1.82, 2.24) is 0 Å². The summed E-state index contributed by atoms with van der Waals surface area (Å²) in [5, 5.41) is 0. The van der Waals surface area contributed by atoms with Gasteiger partial charge in [0, 0.05) is 13.5 Å². The van der Waals surface area contributed by atoms with Gasteiger partial charge in [-0.3, -0.25) is 4.79 Å². The molecule has 2 heteroatoms. The molecule has 0 N–H and O–H groups in total. The fourth-order valence-corrected chi connectivity index (χ4v) is 2.58. The zero-order valence-corrected chi connectivity index (χ0v) is 11.7. The molecule has 96 valence electrons. The molecule has 2 nitrogen and oxygen atoms in total. The van der Waals surface area contributed by atoms with Crippen LogP contribution in [0.15, 0.2) is 23.3 Å². The van der Waals surface area contributed by atoms with Crippen molar-refractivity contribution < 1.29 is 9.53 Å². The van der Waals surface area contributed by atoms with Crippen molar-refractivity contribution in [1.29, 1.82) is 0 Å². The van der Waals surface area contributed by atoms with Crippen molar-refractivity contribution in [3.8, 4) is 0 Å². The van der Waals surface area contributed by atoms with Gasteiger partial charge in [0.25, 0.3) is 0 Å². The number of rotatable bonds is 5. The van der Waals surface area contributed by atoms with Crippen molar-refractivity contribution >= 4 is 5.78 Å². The van der Waals surface area contributed by atoms with E-state index in [0.29, 0.717) is 18.9 Å². The summed E-state index contributed by atoms with van der Waals surface area (Å²) in [5.74, 6) is 0.676. The van der Waals surface area contributed by atoms with E-state index in [0.717, 1.165) is 17.6 Å². The number of methoxy groups -OCH3 is 1. The van der Waals surface area contributed by atoms with E-state index in [9.17, 15) is 4.79 Å². The molecule has 1 aliphatic rings. The molecule has 0 aliphatic heterocycles. The number of hydrogen-bond donors (Lipinski definition) is 0. The molecule has 0 aromatic rings. The first-order valence-electron chi connectivity index (χ1n) is 6.31. The van der Waals surface area contributed by atoms with Crippen molar-refractivity contribution in [3.63, 3.8) is 0 Å². The van der Waals surface area contributed by atoms with Crippen LogP contribution in [0.25, 0.3) is 0 Å². The average molecular weight is 236 g/mol. The van der Waals surface area contributed by atoms with E-state index in [1.165, 1.54) is 0 Å². The van der Waals surface area contributed by atoms with E-state index in [1.807, 2.05) is 13.8 Å². The van der Waals surface area contributed by atoms with E-state index in [2.05, 4.69) is 26.0 Å². The Bertz CT molecular complexity index is 330. The van der Waals surface area contributed by atoms with Crippen LogP contribution in [0.1, 0.15) is 40.5 Å². The highest BCUT2D eigenvalue weighted by atomic mass is 16.5. The summed E-state index contributed by atoms with van der Waals surface area (Å²) >= 11 is 0. The van der Waals surface area contributed by atoms with E-state index in [4.69, 9.17) is 4.74 Å². The Morgan fingerprint density at radius 3 is 2.29 bits per heavy atom. The molecule has 0 amide bonds. The van der Waals surface area contributed by atoms with Gasteiger partial charge in [-0.25, -0.2) is 0 Å². The van der Waals surface area contributed by atoms with Crippen LogP contribution in [-0.2, 0) is 9.53 Å². The van der Waals surface area contributed by atoms with Crippen LogP contribution < -0.4 is 0 Å². The van der Waals surface area contributed by atoms with E-state index >= 15 is 0 Å². The Morgan fingerprint density at radius 1 is 1.35 bits per heavy atom. The summed E-state index contributed by atoms with van der Waals surface area (Å²) in [6.45, 7) is 8.73. The number of ether oxygens (including phenoxy) is 1. The van der Waals surface area contributed by atoms with Crippen LogP contribution in [-0.4, -0.2) is 19.5 Å². The van der Waals surface area contributed by atoms with Crippen LogP contribution in [0.3, 0.4) is 0 Å². The summed E-state index contributed by atoms with van der Waals surface area (Å²) in [5.41, 5.74) is 1.78. The van der Waals surface area contributed by atoms with Gasteiger partial charge in [-0.2, -0.15) is 0 Å².